The molecule has 0 bridgehead atoms. The molecule has 1 aliphatic rings. The normalized spacial score (nSPS) is 18.3. The molecule has 1 fully saturated rings. The fraction of sp³-hybridized carbons (Fsp3) is 0.875. The largest absolute Gasteiger partial charge is 0.477 e. The molecule has 1 saturated carbocycles. The monoisotopic (exact) mass is 193 g/mol. The molecule has 0 aromatic rings. The van der Waals surface area contributed by atoms with E-state index in [1.165, 1.54) is 0 Å². The number of carboxylic acids is 1. The number of alkyl halides is 2. The van der Waals surface area contributed by atoms with E-state index in [1.54, 1.807) is 0 Å². The standard InChI is InChI=1S/C8H13F2NO2/c9-8(10,7(12)13)5-11-4-6-2-1-3-6/h6,11H,1-5H2,(H,12,13). The van der Waals surface area contributed by atoms with E-state index in [1.807, 2.05) is 0 Å². The van der Waals surface area contributed by atoms with Crippen LogP contribution < -0.4 is 5.32 Å². The van der Waals surface area contributed by atoms with E-state index in [0.717, 1.165) is 19.3 Å². The highest BCUT2D eigenvalue weighted by Gasteiger charge is 2.38. The van der Waals surface area contributed by atoms with Gasteiger partial charge in [0.2, 0.25) is 0 Å². The maximum Gasteiger partial charge on any atom is 0.375 e. The summed E-state index contributed by atoms with van der Waals surface area (Å²) in [5, 5.41) is 10.6. The van der Waals surface area contributed by atoms with Crippen LogP contribution in [0.2, 0.25) is 0 Å². The Morgan fingerprint density at radius 1 is 1.54 bits per heavy atom. The number of halogens is 2. The van der Waals surface area contributed by atoms with E-state index in [2.05, 4.69) is 5.32 Å². The maximum atomic E-state index is 12.5. The molecule has 5 heteroatoms. The van der Waals surface area contributed by atoms with E-state index in [0.29, 0.717) is 12.5 Å². The van der Waals surface area contributed by atoms with Crippen molar-refractivity contribution in [3.63, 3.8) is 0 Å². The van der Waals surface area contributed by atoms with Crippen molar-refractivity contribution in [2.24, 2.45) is 5.92 Å². The molecule has 0 heterocycles. The van der Waals surface area contributed by atoms with Crippen molar-refractivity contribution in [2.75, 3.05) is 13.1 Å². The van der Waals surface area contributed by atoms with Gasteiger partial charge < -0.3 is 10.4 Å². The third-order valence-corrected chi connectivity index (χ3v) is 2.32. The summed E-state index contributed by atoms with van der Waals surface area (Å²) < 4.78 is 24.9. The maximum absolute atomic E-state index is 12.5. The number of hydrogen-bond donors (Lipinski definition) is 2. The summed E-state index contributed by atoms with van der Waals surface area (Å²) in [7, 11) is 0. The molecular weight excluding hydrogens is 180 g/mol. The van der Waals surface area contributed by atoms with Gasteiger partial charge >= 0.3 is 11.9 Å². The molecule has 0 radical (unpaired) electrons. The van der Waals surface area contributed by atoms with Gasteiger partial charge in [-0.3, -0.25) is 0 Å². The number of nitrogens with one attached hydrogen (secondary N) is 1. The minimum atomic E-state index is -3.64. The first-order valence-electron chi connectivity index (χ1n) is 4.34. The van der Waals surface area contributed by atoms with Crippen LogP contribution in [0.3, 0.4) is 0 Å². The van der Waals surface area contributed by atoms with Gasteiger partial charge in [-0.05, 0) is 25.3 Å². The fourth-order valence-electron chi connectivity index (χ4n) is 1.21. The molecular formula is C8H13F2NO2. The van der Waals surface area contributed by atoms with Gasteiger partial charge in [-0.15, -0.1) is 0 Å². The van der Waals surface area contributed by atoms with Crippen LogP contribution in [0.1, 0.15) is 19.3 Å². The van der Waals surface area contributed by atoms with Gasteiger partial charge in [0, 0.05) is 0 Å². The quantitative estimate of drug-likeness (QED) is 0.687. The molecule has 1 rings (SSSR count). The summed E-state index contributed by atoms with van der Waals surface area (Å²) in [5.41, 5.74) is 0. The molecule has 0 unspecified atom stereocenters. The van der Waals surface area contributed by atoms with Gasteiger partial charge in [-0.1, -0.05) is 6.42 Å². The average molecular weight is 193 g/mol. The van der Waals surface area contributed by atoms with E-state index in [9.17, 15) is 13.6 Å². The lowest BCUT2D eigenvalue weighted by Gasteiger charge is -2.26. The van der Waals surface area contributed by atoms with Gasteiger partial charge in [-0.2, -0.15) is 8.78 Å². The van der Waals surface area contributed by atoms with Crippen molar-refractivity contribution >= 4 is 5.97 Å². The van der Waals surface area contributed by atoms with E-state index in [-0.39, 0.29) is 0 Å². The number of carboxylic acid groups (broad SMARTS) is 1. The molecule has 0 aromatic heterocycles. The molecule has 76 valence electrons. The molecule has 0 aromatic carbocycles. The summed E-state index contributed by atoms with van der Waals surface area (Å²) in [6.07, 6.45) is 3.28. The number of aliphatic carboxylic acids is 1. The first kappa shape index (κ1) is 10.4. The summed E-state index contributed by atoms with van der Waals surface area (Å²) in [5.74, 6) is -5.23. The fourth-order valence-corrected chi connectivity index (χ4v) is 1.21. The summed E-state index contributed by atoms with van der Waals surface area (Å²) in [6.45, 7) is -0.262. The molecule has 0 atom stereocenters. The van der Waals surface area contributed by atoms with E-state index < -0.39 is 18.4 Å². The molecule has 1 aliphatic carbocycles. The second-order valence-electron chi connectivity index (χ2n) is 3.44. The first-order chi connectivity index (χ1) is 6.02. The Bertz CT molecular complexity index is 193. The Balaban J connectivity index is 2.13. The Kier molecular flexibility index (Phi) is 3.19. The highest BCUT2D eigenvalue weighted by Crippen LogP contribution is 2.25. The number of carbonyl (C=O) groups is 1. The zero-order chi connectivity index (χ0) is 9.90. The van der Waals surface area contributed by atoms with Gasteiger partial charge in [0.25, 0.3) is 0 Å². The molecule has 2 N–H and O–H groups in total. The van der Waals surface area contributed by atoms with Crippen LogP contribution in [0.25, 0.3) is 0 Å². The Morgan fingerprint density at radius 3 is 2.54 bits per heavy atom. The third-order valence-electron chi connectivity index (χ3n) is 2.32. The van der Waals surface area contributed by atoms with Gasteiger partial charge in [-0.25, -0.2) is 4.79 Å². The van der Waals surface area contributed by atoms with Crippen molar-refractivity contribution in [1.82, 2.24) is 5.32 Å². The molecule has 0 spiro atoms. The van der Waals surface area contributed by atoms with Crippen molar-refractivity contribution in [3.05, 3.63) is 0 Å². The number of hydrogen-bond acceptors (Lipinski definition) is 2. The highest BCUT2D eigenvalue weighted by molar-refractivity contribution is 5.75. The molecule has 0 saturated heterocycles. The van der Waals surface area contributed by atoms with Gasteiger partial charge in [0.15, 0.2) is 0 Å². The van der Waals surface area contributed by atoms with Crippen molar-refractivity contribution in [1.29, 1.82) is 0 Å². The Labute approximate surface area is 75.1 Å². The Hall–Kier alpha value is -0.710. The van der Waals surface area contributed by atoms with Crippen LogP contribution in [0.4, 0.5) is 8.78 Å². The van der Waals surface area contributed by atoms with Crippen molar-refractivity contribution < 1.29 is 18.7 Å². The van der Waals surface area contributed by atoms with E-state index >= 15 is 0 Å². The van der Waals surface area contributed by atoms with Gasteiger partial charge in [0.05, 0.1) is 6.54 Å². The topological polar surface area (TPSA) is 49.3 Å². The summed E-state index contributed by atoms with van der Waals surface area (Å²) in [6, 6.07) is 0. The lowest BCUT2D eigenvalue weighted by atomic mass is 9.85. The molecule has 3 nitrogen and oxygen atoms in total. The Morgan fingerprint density at radius 2 is 2.15 bits per heavy atom. The second-order valence-corrected chi connectivity index (χ2v) is 3.44. The van der Waals surface area contributed by atoms with Crippen LogP contribution in [0.5, 0.6) is 0 Å². The van der Waals surface area contributed by atoms with E-state index in [4.69, 9.17) is 5.11 Å². The molecule has 13 heavy (non-hydrogen) atoms. The molecule has 0 amide bonds. The average Bonchev–Trinajstić information content (AvgIpc) is 1.94. The smallest absolute Gasteiger partial charge is 0.375 e. The second kappa shape index (κ2) is 4.00. The summed E-state index contributed by atoms with van der Waals surface area (Å²) >= 11 is 0. The third kappa shape index (κ3) is 2.91. The van der Waals surface area contributed by atoms with Crippen LogP contribution in [-0.2, 0) is 4.79 Å². The first-order valence-corrected chi connectivity index (χ1v) is 4.34. The van der Waals surface area contributed by atoms with Crippen LogP contribution in [-0.4, -0.2) is 30.1 Å². The lowest BCUT2D eigenvalue weighted by Crippen LogP contribution is -2.42. The molecule has 0 aliphatic heterocycles. The van der Waals surface area contributed by atoms with Crippen LogP contribution in [0.15, 0.2) is 0 Å². The minimum Gasteiger partial charge on any atom is -0.477 e. The summed E-state index contributed by atoms with van der Waals surface area (Å²) in [4.78, 5) is 9.99. The lowest BCUT2D eigenvalue weighted by molar-refractivity contribution is -0.164. The number of rotatable bonds is 5. The van der Waals surface area contributed by atoms with Crippen LogP contribution >= 0.6 is 0 Å². The van der Waals surface area contributed by atoms with Crippen molar-refractivity contribution in [3.8, 4) is 0 Å². The van der Waals surface area contributed by atoms with Crippen molar-refractivity contribution in [2.45, 2.75) is 25.2 Å². The zero-order valence-electron chi connectivity index (χ0n) is 7.22. The highest BCUT2D eigenvalue weighted by atomic mass is 19.3. The predicted molar refractivity (Wildman–Crippen MR) is 42.8 cm³/mol. The SMILES string of the molecule is O=C(O)C(F)(F)CNCC1CCC1. The predicted octanol–water partition coefficient (Wildman–Crippen LogP) is 1.10. The zero-order valence-corrected chi connectivity index (χ0v) is 7.22. The van der Waals surface area contributed by atoms with Crippen LogP contribution in [0, 0.1) is 5.92 Å². The van der Waals surface area contributed by atoms with Gasteiger partial charge in [0.1, 0.15) is 0 Å². The minimum absolute atomic E-state index is 0.463.